The predicted molar refractivity (Wildman–Crippen MR) is 73.9 cm³/mol. The van der Waals surface area contributed by atoms with E-state index >= 15 is 0 Å². The van der Waals surface area contributed by atoms with Crippen LogP contribution in [-0.4, -0.2) is 36.4 Å². The third-order valence-electron chi connectivity index (χ3n) is 1.82. The Bertz CT molecular complexity index is 401. The fourth-order valence-electron chi connectivity index (χ4n) is 0.863. The molecule has 1 rings (SSSR count). The summed E-state index contributed by atoms with van der Waals surface area (Å²) in [6.45, 7) is 6.15. The van der Waals surface area contributed by atoms with Crippen molar-refractivity contribution >= 4 is 10.1 Å². The van der Waals surface area contributed by atoms with Crippen LogP contribution in [0.1, 0.15) is 32.3 Å². The monoisotopic (exact) mass is 347 g/mol. The number of rotatable bonds is 3. The second-order valence-electron chi connectivity index (χ2n) is 3.66. The number of aliphatic hydroxyl groups excluding tert-OH is 2. The van der Waals surface area contributed by atoms with E-state index in [0.29, 0.717) is 6.61 Å². The first-order valence-corrected chi connectivity index (χ1v) is 7.48. The van der Waals surface area contributed by atoms with E-state index in [9.17, 15) is 13.0 Å². The van der Waals surface area contributed by atoms with Crippen LogP contribution in [0.15, 0.2) is 29.2 Å². The van der Waals surface area contributed by atoms with Crippen molar-refractivity contribution < 1.29 is 40.3 Å². The Morgan fingerprint density at radius 2 is 1.50 bits per heavy atom. The molecule has 0 aromatic heterocycles. The van der Waals surface area contributed by atoms with E-state index in [1.807, 2.05) is 6.92 Å². The first-order valence-electron chi connectivity index (χ1n) is 6.07. The summed E-state index contributed by atoms with van der Waals surface area (Å²) in [4.78, 5) is -0.178. The van der Waals surface area contributed by atoms with E-state index in [4.69, 9.17) is 10.2 Å². The molecule has 0 saturated carbocycles. The van der Waals surface area contributed by atoms with Crippen LogP contribution < -0.4 is 0 Å². The molecule has 1 aromatic rings. The van der Waals surface area contributed by atoms with Crippen molar-refractivity contribution in [3.8, 4) is 0 Å². The Labute approximate surface area is 132 Å². The van der Waals surface area contributed by atoms with E-state index in [-0.39, 0.29) is 28.6 Å². The quantitative estimate of drug-likeness (QED) is 0.640. The Kier molecular flexibility index (Phi) is 18.4. The van der Waals surface area contributed by atoms with Crippen LogP contribution in [0.5, 0.6) is 0 Å². The molecule has 0 spiro atoms. The standard InChI is InChI=1S/C7H8O3S.C4H10O.C2H6O.Fe/c1-6-2-4-7(5-3-6)11(8,9)10;1-2-3-4-5;1-2-3;/h2-5H,1H3,(H,8,9,10);5H,2-4H2,1H3;3H,2H2,1H3;/p-1. The third-order valence-corrected chi connectivity index (χ3v) is 2.67. The number of hydrogen-bond acceptors (Lipinski definition) is 5. The maximum Gasteiger partial charge on any atom is 0.124 e. The number of aryl methyl sites for hydroxylation is 1. The first-order chi connectivity index (χ1) is 8.83. The minimum absolute atomic E-state index is 0. The molecule has 0 amide bonds. The van der Waals surface area contributed by atoms with Gasteiger partial charge in [-0.3, -0.25) is 0 Å². The van der Waals surface area contributed by atoms with Crippen LogP contribution in [-0.2, 0) is 27.2 Å². The van der Waals surface area contributed by atoms with Crippen molar-refractivity contribution in [2.24, 2.45) is 0 Å². The summed E-state index contributed by atoms with van der Waals surface area (Å²) < 4.78 is 31.2. The molecule has 0 atom stereocenters. The fourth-order valence-corrected chi connectivity index (χ4v) is 1.33. The molecule has 2 N–H and O–H groups in total. The zero-order valence-electron chi connectivity index (χ0n) is 12.0. The summed E-state index contributed by atoms with van der Waals surface area (Å²) in [5.74, 6) is 0. The van der Waals surface area contributed by atoms with Crippen molar-refractivity contribution in [2.45, 2.75) is 38.5 Å². The van der Waals surface area contributed by atoms with Gasteiger partial charge >= 0.3 is 0 Å². The number of unbranched alkanes of at least 4 members (excludes halogenated alkanes) is 1. The molecule has 5 nitrogen and oxygen atoms in total. The van der Waals surface area contributed by atoms with Gasteiger partial charge in [-0.05, 0) is 32.4 Å². The maximum absolute atomic E-state index is 10.4. The van der Waals surface area contributed by atoms with Gasteiger partial charge in [-0.25, -0.2) is 8.42 Å². The Hall–Kier alpha value is -0.431. The molecule has 0 unspecified atom stereocenters. The van der Waals surface area contributed by atoms with Gasteiger partial charge in [0.2, 0.25) is 0 Å². The van der Waals surface area contributed by atoms with E-state index in [1.54, 1.807) is 19.1 Å². The average molecular weight is 347 g/mol. The molecule has 0 fully saturated rings. The van der Waals surface area contributed by atoms with E-state index in [2.05, 4.69) is 6.92 Å². The normalized spacial score (nSPS) is 9.30. The molecule has 0 saturated heterocycles. The Balaban J connectivity index is -0.000000273. The van der Waals surface area contributed by atoms with E-state index in [0.717, 1.165) is 18.4 Å². The largest absolute Gasteiger partial charge is 0.744 e. The van der Waals surface area contributed by atoms with Crippen LogP contribution in [0.25, 0.3) is 0 Å². The smallest absolute Gasteiger partial charge is 0.124 e. The van der Waals surface area contributed by atoms with Gasteiger partial charge in [0.15, 0.2) is 0 Å². The molecule has 0 aliphatic rings. The van der Waals surface area contributed by atoms with Crippen molar-refractivity contribution in [3.63, 3.8) is 0 Å². The zero-order valence-corrected chi connectivity index (χ0v) is 13.9. The second-order valence-corrected chi connectivity index (χ2v) is 5.04. The predicted octanol–water partition coefficient (Wildman–Crippen LogP) is 1.67. The molecule has 0 heterocycles. The molecular weight excluding hydrogens is 324 g/mol. The number of aliphatic hydroxyl groups is 2. The Morgan fingerprint density at radius 1 is 1.10 bits per heavy atom. The van der Waals surface area contributed by atoms with Crippen LogP contribution >= 0.6 is 0 Å². The molecule has 0 aliphatic carbocycles. The number of hydrogen-bond donors (Lipinski definition) is 2. The van der Waals surface area contributed by atoms with Crippen LogP contribution in [0.3, 0.4) is 0 Å². The van der Waals surface area contributed by atoms with Crippen LogP contribution in [0, 0.1) is 6.92 Å². The van der Waals surface area contributed by atoms with Gasteiger partial charge in [0.25, 0.3) is 0 Å². The minimum atomic E-state index is -4.27. The molecule has 0 aliphatic heterocycles. The summed E-state index contributed by atoms with van der Waals surface area (Å²) in [5.41, 5.74) is 0.928. The van der Waals surface area contributed by atoms with Gasteiger partial charge in [0.05, 0.1) is 4.90 Å². The van der Waals surface area contributed by atoms with Gasteiger partial charge in [0.1, 0.15) is 10.1 Å². The van der Waals surface area contributed by atoms with Gasteiger partial charge < -0.3 is 14.8 Å². The summed E-state index contributed by atoms with van der Waals surface area (Å²) in [7, 11) is -4.27. The average Bonchev–Trinajstić information content (AvgIpc) is 2.31. The molecule has 0 radical (unpaired) electrons. The first kappa shape index (κ1) is 24.6. The summed E-state index contributed by atoms with van der Waals surface area (Å²) >= 11 is 0. The van der Waals surface area contributed by atoms with Crippen molar-refractivity contribution in [3.05, 3.63) is 29.8 Å². The summed E-state index contributed by atoms with van der Waals surface area (Å²) in [6, 6.07) is 5.78. The maximum atomic E-state index is 10.4. The second kappa shape index (κ2) is 15.0. The molecular formula is C13H23FeO5S-. The molecule has 0 bridgehead atoms. The zero-order chi connectivity index (χ0) is 15.3. The number of benzene rings is 1. The summed E-state index contributed by atoms with van der Waals surface area (Å²) in [6.07, 6.45) is 2.04. The van der Waals surface area contributed by atoms with Crippen LogP contribution in [0.2, 0.25) is 0 Å². The Morgan fingerprint density at radius 3 is 1.70 bits per heavy atom. The topological polar surface area (TPSA) is 97.7 Å². The minimum Gasteiger partial charge on any atom is -0.744 e. The van der Waals surface area contributed by atoms with Gasteiger partial charge in [-0.1, -0.05) is 31.0 Å². The third kappa shape index (κ3) is 15.6. The van der Waals surface area contributed by atoms with Crippen molar-refractivity contribution in [2.75, 3.05) is 13.2 Å². The fraction of sp³-hybridized carbons (Fsp3) is 0.538. The SMILES string of the molecule is CCCCO.CCO.Cc1ccc(S(=O)(=O)[O-])cc1.[Fe]. The van der Waals surface area contributed by atoms with Crippen LogP contribution in [0.4, 0.5) is 0 Å². The molecule has 120 valence electrons. The van der Waals surface area contributed by atoms with Crippen molar-refractivity contribution in [1.29, 1.82) is 0 Å². The molecule has 20 heavy (non-hydrogen) atoms. The van der Waals surface area contributed by atoms with Gasteiger partial charge in [-0.2, -0.15) is 0 Å². The summed E-state index contributed by atoms with van der Waals surface area (Å²) in [5, 5.41) is 15.6. The van der Waals surface area contributed by atoms with Gasteiger partial charge in [0, 0.05) is 30.3 Å². The van der Waals surface area contributed by atoms with Gasteiger partial charge in [-0.15, -0.1) is 0 Å². The van der Waals surface area contributed by atoms with Crippen molar-refractivity contribution in [1.82, 2.24) is 0 Å². The molecule has 1 aromatic carbocycles. The van der Waals surface area contributed by atoms with E-state index in [1.165, 1.54) is 12.1 Å². The van der Waals surface area contributed by atoms with E-state index < -0.39 is 10.1 Å². The molecule has 7 heteroatoms.